The van der Waals surface area contributed by atoms with Crippen LogP contribution in [0.4, 0.5) is 0 Å². The summed E-state index contributed by atoms with van der Waals surface area (Å²) in [7, 11) is 0. The average Bonchev–Trinajstić information content (AvgIpc) is 3.09. The summed E-state index contributed by atoms with van der Waals surface area (Å²) in [4.78, 5) is 25.8. The molecule has 1 aromatic rings. The monoisotopic (exact) mass is 294 g/mol. The Morgan fingerprint density at radius 2 is 2.35 bits per heavy atom. The summed E-state index contributed by atoms with van der Waals surface area (Å²) in [6.07, 6.45) is 2.12. The van der Waals surface area contributed by atoms with Crippen LogP contribution in [0.5, 0.6) is 0 Å². The minimum Gasteiger partial charge on any atom is -0.354 e. The second-order valence-corrected chi connectivity index (χ2v) is 6.10. The normalized spacial score (nSPS) is 18.1. The van der Waals surface area contributed by atoms with Crippen molar-refractivity contribution < 1.29 is 9.59 Å². The zero-order valence-corrected chi connectivity index (χ0v) is 12.9. The van der Waals surface area contributed by atoms with Crippen molar-refractivity contribution in [3.8, 4) is 0 Å². The lowest BCUT2D eigenvalue weighted by molar-refractivity contribution is -0.137. The van der Waals surface area contributed by atoms with Crippen LogP contribution in [0.3, 0.4) is 0 Å². The minimum atomic E-state index is -0.306. The van der Waals surface area contributed by atoms with Crippen molar-refractivity contribution in [3.63, 3.8) is 0 Å². The topological polar surface area (TPSA) is 49.4 Å². The molecule has 4 nitrogen and oxygen atoms in total. The SMILES string of the molecule is CC[C@H](C(=O)NC[C@H](C)c1ccsc1)N1CCCC1=O. The second kappa shape index (κ2) is 6.88. The highest BCUT2D eigenvalue weighted by Crippen LogP contribution is 2.18. The summed E-state index contributed by atoms with van der Waals surface area (Å²) >= 11 is 1.67. The van der Waals surface area contributed by atoms with Gasteiger partial charge in [-0.3, -0.25) is 9.59 Å². The number of hydrogen-bond acceptors (Lipinski definition) is 3. The minimum absolute atomic E-state index is 0.0233. The van der Waals surface area contributed by atoms with E-state index in [9.17, 15) is 9.59 Å². The number of thiophene rings is 1. The molecule has 2 atom stereocenters. The summed E-state index contributed by atoms with van der Waals surface area (Å²) < 4.78 is 0. The zero-order chi connectivity index (χ0) is 14.5. The molecule has 0 spiro atoms. The third-order valence-corrected chi connectivity index (χ3v) is 4.57. The van der Waals surface area contributed by atoms with Crippen molar-refractivity contribution >= 4 is 23.2 Å². The first-order valence-electron chi connectivity index (χ1n) is 7.22. The van der Waals surface area contributed by atoms with E-state index in [1.54, 1.807) is 16.2 Å². The molecule has 5 heteroatoms. The largest absolute Gasteiger partial charge is 0.354 e. The number of carbonyl (C=O) groups excluding carboxylic acids is 2. The van der Waals surface area contributed by atoms with E-state index in [-0.39, 0.29) is 17.9 Å². The van der Waals surface area contributed by atoms with Crippen molar-refractivity contribution in [2.24, 2.45) is 0 Å². The van der Waals surface area contributed by atoms with Crippen LogP contribution in [0.25, 0.3) is 0 Å². The molecule has 2 rings (SSSR count). The summed E-state index contributed by atoms with van der Waals surface area (Å²) in [6.45, 7) is 5.39. The molecule has 0 radical (unpaired) electrons. The van der Waals surface area contributed by atoms with Gasteiger partial charge in [0.1, 0.15) is 6.04 Å². The molecule has 1 aliphatic rings. The highest BCUT2D eigenvalue weighted by Gasteiger charge is 2.31. The first kappa shape index (κ1) is 15.0. The van der Waals surface area contributed by atoms with Crippen LogP contribution in [-0.4, -0.2) is 35.8 Å². The van der Waals surface area contributed by atoms with Gasteiger partial charge >= 0.3 is 0 Å². The highest BCUT2D eigenvalue weighted by atomic mass is 32.1. The number of rotatable bonds is 6. The van der Waals surface area contributed by atoms with Gasteiger partial charge in [-0.1, -0.05) is 13.8 Å². The Hall–Kier alpha value is -1.36. The van der Waals surface area contributed by atoms with Crippen molar-refractivity contribution in [2.45, 2.75) is 45.1 Å². The van der Waals surface area contributed by atoms with Gasteiger partial charge in [0.05, 0.1) is 0 Å². The number of amides is 2. The molecule has 1 aromatic heterocycles. The van der Waals surface area contributed by atoms with E-state index in [0.717, 1.165) is 6.42 Å². The first-order valence-corrected chi connectivity index (χ1v) is 8.17. The zero-order valence-electron chi connectivity index (χ0n) is 12.1. The molecule has 20 heavy (non-hydrogen) atoms. The average molecular weight is 294 g/mol. The van der Waals surface area contributed by atoms with Crippen LogP contribution in [0.1, 0.15) is 44.6 Å². The van der Waals surface area contributed by atoms with Crippen molar-refractivity contribution in [3.05, 3.63) is 22.4 Å². The second-order valence-electron chi connectivity index (χ2n) is 5.32. The molecule has 0 bridgehead atoms. The first-order chi connectivity index (χ1) is 9.63. The van der Waals surface area contributed by atoms with Gasteiger partial charge in [0.2, 0.25) is 11.8 Å². The summed E-state index contributed by atoms with van der Waals surface area (Å²) in [5, 5.41) is 7.15. The van der Waals surface area contributed by atoms with E-state index in [4.69, 9.17) is 0 Å². The van der Waals surface area contributed by atoms with Crippen LogP contribution in [0.2, 0.25) is 0 Å². The van der Waals surface area contributed by atoms with Gasteiger partial charge in [0.25, 0.3) is 0 Å². The van der Waals surface area contributed by atoms with Gasteiger partial charge in [0, 0.05) is 19.5 Å². The van der Waals surface area contributed by atoms with Gasteiger partial charge in [0.15, 0.2) is 0 Å². The molecule has 110 valence electrons. The van der Waals surface area contributed by atoms with Crippen LogP contribution in [0.15, 0.2) is 16.8 Å². The lowest BCUT2D eigenvalue weighted by atomic mass is 10.0. The molecule has 1 saturated heterocycles. The predicted octanol–water partition coefficient (Wildman–Crippen LogP) is 2.37. The molecule has 0 aromatic carbocycles. The fourth-order valence-corrected chi connectivity index (χ4v) is 3.37. The maximum Gasteiger partial charge on any atom is 0.242 e. The van der Waals surface area contributed by atoms with Crippen LogP contribution < -0.4 is 5.32 Å². The molecule has 0 aliphatic carbocycles. The van der Waals surface area contributed by atoms with Gasteiger partial charge in [-0.05, 0) is 41.1 Å². The Morgan fingerprint density at radius 1 is 1.55 bits per heavy atom. The van der Waals surface area contributed by atoms with Crippen molar-refractivity contribution in [2.75, 3.05) is 13.1 Å². The lowest BCUT2D eigenvalue weighted by Crippen LogP contribution is -2.47. The smallest absolute Gasteiger partial charge is 0.242 e. The number of nitrogens with zero attached hydrogens (tertiary/aromatic N) is 1. The fraction of sp³-hybridized carbons (Fsp3) is 0.600. The molecule has 2 amide bonds. The van der Waals surface area contributed by atoms with Crippen molar-refractivity contribution in [1.29, 1.82) is 0 Å². The van der Waals surface area contributed by atoms with E-state index in [2.05, 4.69) is 23.7 Å². The lowest BCUT2D eigenvalue weighted by Gasteiger charge is -2.26. The van der Waals surface area contributed by atoms with Crippen molar-refractivity contribution in [1.82, 2.24) is 10.2 Å². The van der Waals surface area contributed by atoms with E-state index < -0.39 is 0 Å². The summed E-state index contributed by atoms with van der Waals surface area (Å²) in [5.74, 6) is 0.389. The molecule has 1 aliphatic heterocycles. The van der Waals surface area contributed by atoms with E-state index in [1.807, 2.05) is 12.3 Å². The van der Waals surface area contributed by atoms with Crippen LogP contribution in [0, 0.1) is 0 Å². The predicted molar refractivity (Wildman–Crippen MR) is 80.8 cm³/mol. The highest BCUT2D eigenvalue weighted by molar-refractivity contribution is 7.07. The third-order valence-electron chi connectivity index (χ3n) is 3.87. The van der Waals surface area contributed by atoms with E-state index >= 15 is 0 Å². The number of nitrogens with one attached hydrogen (secondary N) is 1. The van der Waals surface area contributed by atoms with Gasteiger partial charge < -0.3 is 10.2 Å². The maximum absolute atomic E-state index is 12.3. The summed E-state index contributed by atoms with van der Waals surface area (Å²) in [5.41, 5.74) is 1.25. The number of likely N-dealkylation sites (tertiary alicyclic amines) is 1. The summed E-state index contributed by atoms with van der Waals surface area (Å²) in [6, 6.07) is 1.78. The number of hydrogen-bond donors (Lipinski definition) is 1. The van der Waals surface area contributed by atoms with E-state index in [0.29, 0.717) is 31.8 Å². The molecular weight excluding hydrogens is 272 g/mol. The molecular formula is C15H22N2O2S. The van der Waals surface area contributed by atoms with Crippen LogP contribution >= 0.6 is 11.3 Å². The molecule has 1 N–H and O–H groups in total. The van der Waals surface area contributed by atoms with Gasteiger partial charge in [-0.25, -0.2) is 0 Å². The van der Waals surface area contributed by atoms with Gasteiger partial charge in [-0.15, -0.1) is 0 Å². The Bertz CT molecular complexity index is 458. The molecule has 2 heterocycles. The quantitative estimate of drug-likeness (QED) is 0.875. The van der Waals surface area contributed by atoms with E-state index in [1.165, 1.54) is 5.56 Å². The van der Waals surface area contributed by atoms with Crippen LogP contribution in [-0.2, 0) is 9.59 Å². The maximum atomic E-state index is 12.3. The third kappa shape index (κ3) is 3.39. The fourth-order valence-electron chi connectivity index (χ4n) is 2.59. The Labute approximate surface area is 124 Å². The number of carbonyl (C=O) groups is 2. The molecule has 0 unspecified atom stereocenters. The molecule has 1 fully saturated rings. The standard InChI is InChI=1S/C15H22N2O2S/c1-3-13(17-7-4-5-14(17)18)15(19)16-9-11(2)12-6-8-20-10-12/h6,8,10-11,13H,3-5,7,9H2,1-2H3,(H,16,19)/t11-,13+/m0/s1. The van der Waals surface area contributed by atoms with Gasteiger partial charge in [-0.2, -0.15) is 11.3 Å². The Balaban J connectivity index is 1.88. The molecule has 0 saturated carbocycles. The Morgan fingerprint density at radius 3 is 2.90 bits per heavy atom. The Kier molecular flexibility index (Phi) is 5.17.